The molecule has 0 heterocycles. The molecule has 24 heavy (non-hydrogen) atoms. The Kier molecular flexibility index (Phi) is 7.19. The van der Waals surface area contributed by atoms with Crippen molar-refractivity contribution in [2.45, 2.75) is 12.2 Å². The van der Waals surface area contributed by atoms with Gasteiger partial charge < -0.3 is 25.4 Å². The molecule has 0 bridgehead atoms. The van der Waals surface area contributed by atoms with Gasteiger partial charge in [-0.1, -0.05) is 12.1 Å². The molecule has 0 aliphatic heterocycles. The minimum absolute atomic E-state index is 0.0646. The molecule has 5 N–H and O–H groups in total. The molecule has 10 heteroatoms. The summed E-state index contributed by atoms with van der Waals surface area (Å²) in [6.45, 7) is 0. The summed E-state index contributed by atoms with van der Waals surface area (Å²) in [5, 5.41) is 10.2. The van der Waals surface area contributed by atoms with Crippen LogP contribution >= 0.6 is 75.4 Å². The smallest absolute Gasteiger partial charge is 0.342 e. The Morgan fingerprint density at radius 1 is 1.12 bits per heavy atom. The topological polar surface area (TPSA) is 113 Å². The number of aromatic hydroxyl groups is 1. The third-order valence-corrected chi connectivity index (χ3v) is 9.26. The lowest BCUT2D eigenvalue weighted by Crippen LogP contribution is -2.22. The summed E-state index contributed by atoms with van der Waals surface area (Å²) >= 11 is 6.39. The highest BCUT2D eigenvalue weighted by Crippen LogP contribution is 2.41. The zero-order chi connectivity index (χ0) is 18.1. The molecule has 6 nitrogen and oxygen atoms in total. The highest BCUT2D eigenvalue weighted by Gasteiger charge is 2.24. The van der Waals surface area contributed by atoms with Crippen LogP contribution in [0.3, 0.4) is 0 Å². The number of rotatable bonds is 5. The van der Waals surface area contributed by atoms with E-state index in [1.165, 1.54) is 0 Å². The summed E-state index contributed by atoms with van der Waals surface area (Å²) in [7, 11) is -4.30. The van der Waals surface area contributed by atoms with E-state index < -0.39 is 13.4 Å². The van der Waals surface area contributed by atoms with Crippen LogP contribution in [-0.4, -0.2) is 20.7 Å². The Balaban J connectivity index is 2.17. The minimum atomic E-state index is -4.30. The van der Waals surface area contributed by atoms with Gasteiger partial charge in [0.25, 0.3) is 0 Å². The lowest BCUT2D eigenvalue weighted by atomic mass is 10.1. The zero-order valence-electron chi connectivity index (χ0n) is 12.0. The summed E-state index contributed by atoms with van der Waals surface area (Å²) in [4.78, 5) is 18.1. The largest absolute Gasteiger partial charge is 0.503 e. The number of nitrogens with two attached hydrogens (primary N) is 1. The van der Waals surface area contributed by atoms with Gasteiger partial charge >= 0.3 is 7.60 Å². The standard InChI is InChI=1S/C14H13I3NO5P/c15-9-6-10(14(19)13(17)12(9)16)23-8-3-1-7(2-4-8)5-11(18)24(20,21)22/h1-4,6,11,19H,5,18H2,(H2,20,21,22). The Bertz CT molecular complexity index is 794. The molecular formula is C14H13I3NO5P. The fourth-order valence-corrected chi connectivity index (χ4v) is 4.31. The Labute approximate surface area is 179 Å². The van der Waals surface area contributed by atoms with Gasteiger partial charge in [-0.2, -0.15) is 0 Å². The van der Waals surface area contributed by atoms with Crippen molar-refractivity contribution in [1.29, 1.82) is 0 Å². The molecule has 0 spiro atoms. The fourth-order valence-electron chi connectivity index (χ4n) is 1.82. The van der Waals surface area contributed by atoms with E-state index >= 15 is 0 Å². The molecule has 130 valence electrons. The molecule has 0 radical (unpaired) electrons. The Hall–Kier alpha value is 0.340. The van der Waals surface area contributed by atoms with Gasteiger partial charge in [0.1, 0.15) is 11.5 Å². The van der Waals surface area contributed by atoms with Gasteiger partial charge in [-0.05, 0) is 98.0 Å². The number of hydrogen-bond donors (Lipinski definition) is 4. The molecule has 0 aliphatic carbocycles. The third kappa shape index (κ3) is 5.17. The van der Waals surface area contributed by atoms with Crippen molar-refractivity contribution in [2.24, 2.45) is 5.73 Å². The number of phenolic OH excluding ortho intramolecular Hbond substituents is 1. The van der Waals surface area contributed by atoms with Gasteiger partial charge in [-0.3, -0.25) is 4.57 Å². The van der Waals surface area contributed by atoms with Gasteiger partial charge in [-0.25, -0.2) is 0 Å². The molecule has 2 aromatic carbocycles. The third-order valence-electron chi connectivity index (χ3n) is 3.13. The number of halogens is 3. The molecule has 0 saturated heterocycles. The molecule has 0 fully saturated rings. The van der Waals surface area contributed by atoms with E-state index in [-0.39, 0.29) is 12.2 Å². The minimum Gasteiger partial charge on any atom is -0.503 e. The van der Waals surface area contributed by atoms with E-state index in [2.05, 4.69) is 67.8 Å². The summed E-state index contributed by atoms with van der Waals surface area (Å²) in [5.74, 6) is -0.295. The van der Waals surface area contributed by atoms with Crippen LogP contribution in [0.1, 0.15) is 5.56 Å². The van der Waals surface area contributed by atoms with Crippen LogP contribution in [0.4, 0.5) is 0 Å². The summed E-state index contributed by atoms with van der Waals surface area (Å²) < 4.78 is 19.4. The molecule has 2 rings (SSSR count). The van der Waals surface area contributed by atoms with E-state index in [0.29, 0.717) is 17.1 Å². The SMILES string of the molecule is NC(Cc1ccc(Oc2cc(I)c(I)c(I)c2O)cc1)P(=O)(O)O. The second-order valence-electron chi connectivity index (χ2n) is 4.94. The lowest BCUT2D eigenvalue weighted by Gasteiger charge is -2.14. The van der Waals surface area contributed by atoms with Crippen molar-refractivity contribution in [3.05, 3.63) is 46.6 Å². The van der Waals surface area contributed by atoms with Crippen molar-refractivity contribution in [1.82, 2.24) is 0 Å². The molecule has 0 aliphatic rings. The first-order valence-electron chi connectivity index (χ1n) is 6.53. The van der Waals surface area contributed by atoms with Crippen molar-refractivity contribution >= 4 is 75.4 Å². The van der Waals surface area contributed by atoms with E-state index in [1.54, 1.807) is 30.3 Å². The average molecular weight is 687 g/mol. The second kappa shape index (κ2) is 8.35. The Morgan fingerprint density at radius 2 is 1.71 bits per heavy atom. The average Bonchev–Trinajstić information content (AvgIpc) is 2.51. The molecule has 0 aromatic heterocycles. The van der Waals surface area contributed by atoms with Gasteiger partial charge in [0, 0.05) is 7.14 Å². The second-order valence-corrected chi connectivity index (χ2v) is 10.1. The summed E-state index contributed by atoms with van der Waals surface area (Å²) in [6, 6.07) is 8.45. The monoisotopic (exact) mass is 687 g/mol. The van der Waals surface area contributed by atoms with Crippen LogP contribution in [-0.2, 0) is 11.0 Å². The predicted molar refractivity (Wildman–Crippen MR) is 116 cm³/mol. The molecule has 1 unspecified atom stereocenters. The predicted octanol–water partition coefficient (Wildman–Crippen LogP) is 4.00. The Morgan fingerprint density at radius 3 is 2.25 bits per heavy atom. The van der Waals surface area contributed by atoms with E-state index in [4.69, 9.17) is 20.3 Å². The molecular weight excluding hydrogens is 674 g/mol. The van der Waals surface area contributed by atoms with E-state index in [0.717, 1.165) is 10.7 Å². The van der Waals surface area contributed by atoms with Gasteiger partial charge in [-0.15, -0.1) is 0 Å². The molecule has 2 aromatic rings. The van der Waals surface area contributed by atoms with Gasteiger partial charge in [0.15, 0.2) is 11.5 Å². The maximum absolute atomic E-state index is 11.1. The van der Waals surface area contributed by atoms with Crippen molar-refractivity contribution in [3.63, 3.8) is 0 Å². The molecule has 0 amide bonds. The van der Waals surface area contributed by atoms with Crippen LogP contribution < -0.4 is 10.5 Å². The first-order valence-corrected chi connectivity index (χ1v) is 11.5. The first-order chi connectivity index (χ1) is 11.1. The summed E-state index contributed by atoms with van der Waals surface area (Å²) in [5.41, 5.74) is 6.17. The maximum atomic E-state index is 11.1. The van der Waals surface area contributed by atoms with Crippen molar-refractivity contribution in [2.75, 3.05) is 0 Å². The van der Waals surface area contributed by atoms with Crippen LogP contribution in [0.15, 0.2) is 30.3 Å². The number of phenols is 1. The van der Waals surface area contributed by atoms with E-state index in [1.807, 2.05) is 0 Å². The van der Waals surface area contributed by atoms with Crippen LogP contribution in [0.25, 0.3) is 0 Å². The van der Waals surface area contributed by atoms with Crippen LogP contribution in [0.5, 0.6) is 17.2 Å². The highest BCUT2D eigenvalue weighted by molar-refractivity contribution is 14.1. The van der Waals surface area contributed by atoms with Crippen LogP contribution in [0, 0.1) is 10.7 Å². The van der Waals surface area contributed by atoms with E-state index in [9.17, 15) is 9.67 Å². The summed E-state index contributed by atoms with van der Waals surface area (Å²) in [6.07, 6.45) is 0.0646. The van der Waals surface area contributed by atoms with Gasteiger partial charge in [0.2, 0.25) is 0 Å². The van der Waals surface area contributed by atoms with Gasteiger partial charge in [0.05, 0.1) is 3.57 Å². The highest BCUT2D eigenvalue weighted by atomic mass is 127. The normalized spacial score (nSPS) is 12.9. The molecule has 0 saturated carbocycles. The zero-order valence-corrected chi connectivity index (χ0v) is 19.4. The molecule has 1 atom stereocenters. The van der Waals surface area contributed by atoms with Crippen molar-refractivity contribution in [3.8, 4) is 17.2 Å². The quantitative estimate of drug-likeness (QED) is 0.215. The number of hydrogen-bond acceptors (Lipinski definition) is 4. The van der Waals surface area contributed by atoms with Crippen LogP contribution in [0.2, 0.25) is 0 Å². The van der Waals surface area contributed by atoms with Crippen molar-refractivity contribution < 1.29 is 24.2 Å². The maximum Gasteiger partial charge on any atom is 0.342 e. The number of benzene rings is 2. The first kappa shape index (κ1) is 20.6. The number of ether oxygens (including phenoxy) is 1. The fraction of sp³-hybridized carbons (Fsp3) is 0.143. The lowest BCUT2D eigenvalue weighted by molar-refractivity contribution is 0.358.